The average Bonchev–Trinajstić information content (AvgIpc) is 2.47. The van der Waals surface area contributed by atoms with Gasteiger partial charge < -0.3 is 5.32 Å². The number of alkyl halides is 3. The van der Waals surface area contributed by atoms with Crippen molar-refractivity contribution < 1.29 is 18.0 Å². The minimum absolute atomic E-state index is 0.0378. The van der Waals surface area contributed by atoms with Gasteiger partial charge in [0.05, 0.1) is 5.69 Å². The van der Waals surface area contributed by atoms with E-state index in [4.69, 9.17) is 0 Å². The van der Waals surface area contributed by atoms with E-state index in [2.05, 4.69) is 32.8 Å². The van der Waals surface area contributed by atoms with Crippen LogP contribution in [0.5, 0.6) is 0 Å². The molecule has 1 aromatic heterocycles. The van der Waals surface area contributed by atoms with Gasteiger partial charge in [0.1, 0.15) is 10.3 Å². The van der Waals surface area contributed by atoms with Gasteiger partial charge >= 0.3 is 12.1 Å². The van der Waals surface area contributed by atoms with Crippen LogP contribution < -0.4 is 5.32 Å². The minimum Gasteiger partial charge on any atom is -0.316 e. The number of pyridine rings is 1. The molecule has 22 heavy (non-hydrogen) atoms. The van der Waals surface area contributed by atoms with E-state index in [1.807, 2.05) is 6.07 Å². The summed E-state index contributed by atoms with van der Waals surface area (Å²) in [4.78, 5) is 15.0. The Kier molecular flexibility index (Phi) is 4.83. The summed E-state index contributed by atoms with van der Waals surface area (Å²) >= 11 is 3.11. The van der Waals surface area contributed by atoms with Crippen LogP contribution in [0.25, 0.3) is 0 Å². The van der Waals surface area contributed by atoms with Gasteiger partial charge in [0.2, 0.25) is 0 Å². The second-order valence-corrected chi connectivity index (χ2v) is 4.91. The van der Waals surface area contributed by atoms with Crippen LogP contribution in [0, 0.1) is 11.8 Å². The molecule has 7 heteroatoms. The van der Waals surface area contributed by atoms with Crippen molar-refractivity contribution in [2.75, 3.05) is 5.32 Å². The predicted octanol–water partition coefficient (Wildman–Crippen LogP) is 3.74. The number of hydrogen-bond acceptors (Lipinski definition) is 2. The van der Waals surface area contributed by atoms with Gasteiger partial charge in [-0.3, -0.25) is 4.79 Å². The van der Waals surface area contributed by atoms with Crippen LogP contribution in [0.1, 0.15) is 11.3 Å². The number of benzene rings is 1. The number of amides is 1. The third-order valence-electron chi connectivity index (χ3n) is 2.47. The topological polar surface area (TPSA) is 42.0 Å². The quantitative estimate of drug-likeness (QED) is 0.615. The van der Waals surface area contributed by atoms with Crippen LogP contribution in [0.2, 0.25) is 0 Å². The lowest BCUT2D eigenvalue weighted by molar-refractivity contribution is -0.167. The molecule has 0 aliphatic carbocycles. The van der Waals surface area contributed by atoms with Crippen molar-refractivity contribution >= 4 is 27.5 Å². The SMILES string of the molecule is O=C(Nc1ccc(Br)nc1C#Cc1ccccc1)C(F)(F)F. The first kappa shape index (κ1) is 16.0. The van der Waals surface area contributed by atoms with Gasteiger partial charge in [0, 0.05) is 5.56 Å². The Morgan fingerprint density at radius 1 is 1.09 bits per heavy atom. The molecule has 1 amide bonds. The molecule has 0 atom stereocenters. The molecule has 0 bridgehead atoms. The second kappa shape index (κ2) is 6.62. The molecule has 0 spiro atoms. The first-order chi connectivity index (χ1) is 10.4. The summed E-state index contributed by atoms with van der Waals surface area (Å²) in [6.45, 7) is 0. The molecule has 1 aromatic carbocycles. The van der Waals surface area contributed by atoms with Gasteiger partial charge in [-0.15, -0.1) is 0 Å². The van der Waals surface area contributed by atoms with Gasteiger partial charge in [-0.25, -0.2) is 4.98 Å². The Labute approximate surface area is 132 Å². The highest BCUT2D eigenvalue weighted by molar-refractivity contribution is 9.10. The standard InChI is InChI=1S/C15H8BrF3N2O/c16-13-9-8-12(21-14(22)15(17,18)19)11(20-13)7-6-10-4-2-1-3-5-10/h1-5,8-9H,(H,21,22). The van der Waals surface area contributed by atoms with Crippen molar-refractivity contribution in [3.63, 3.8) is 0 Å². The number of anilines is 1. The highest BCUT2D eigenvalue weighted by atomic mass is 79.9. The van der Waals surface area contributed by atoms with E-state index in [-0.39, 0.29) is 11.4 Å². The Balaban J connectivity index is 2.33. The molecule has 1 N–H and O–H groups in total. The Morgan fingerprint density at radius 2 is 1.77 bits per heavy atom. The third kappa shape index (κ3) is 4.33. The van der Waals surface area contributed by atoms with E-state index in [1.165, 1.54) is 12.1 Å². The van der Waals surface area contributed by atoms with E-state index >= 15 is 0 Å². The van der Waals surface area contributed by atoms with E-state index in [0.29, 0.717) is 10.2 Å². The Morgan fingerprint density at radius 3 is 2.41 bits per heavy atom. The molecule has 112 valence electrons. The number of aromatic nitrogens is 1. The fraction of sp³-hybridized carbons (Fsp3) is 0.0667. The molecule has 2 rings (SSSR count). The van der Waals surface area contributed by atoms with Crippen LogP contribution in [0.15, 0.2) is 47.1 Å². The predicted molar refractivity (Wildman–Crippen MR) is 79.0 cm³/mol. The number of nitrogens with one attached hydrogen (secondary N) is 1. The zero-order valence-corrected chi connectivity index (χ0v) is 12.5. The summed E-state index contributed by atoms with van der Waals surface area (Å²) in [7, 11) is 0. The number of carbonyl (C=O) groups excluding carboxylic acids is 1. The highest BCUT2D eigenvalue weighted by Gasteiger charge is 2.39. The number of rotatable bonds is 1. The molecule has 0 saturated carbocycles. The third-order valence-corrected chi connectivity index (χ3v) is 2.91. The molecule has 2 aromatic rings. The van der Waals surface area contributed by atoms with Crippen molar-refractivity contribution in [2.45, 2.75) is 6.18 Å². The summed E-state index contributed by atoms with van der Waals surface area (Å²) in [5, 5.41) is 1.76. The maximum atomic E-state index is 12.3. The van der Waals surface area contributed by atoms with Gasteiger partial charge in [0.15, 0.2) is 0 Å². The van der Waals surface area contributed by atoms with Crippen molar-refractivity contribution in [1.82, 2.24) is 4.98 Å². The summed E-state index contributed by atoms with van der Waals surface area (Å²) in [5.41, 5.74) is 0.613. The fourth-order valence-electron chi connectivity index (χ4n) is 1.48. The van der Waals surface area contributed by atoms with Crippen molar-refractivity contribution in [3.8, 4) is 11.8 Å². The summed E-state index contributed by atoms with van der Waals surface area (Å²) in [6, 6.07) is 11.6. The first-order valence-corrected chi connectivity index (χ1v) is 6.77. The van der Waals surface area contributed by atoms with E-state index in [1.54, 1.807) is 29.6 Å². The van der Waals surface area contributed by atoms with Crippen LogP contribution in [-0.2, 0) is 4.79 Å². The lowest BCUT2D eigenvalue weighted by Crippen LogP contribution is -2.30. The van der Waals surface area contributed by atoms with Gasteiger partial charge in [0.25, 0.3) is 0 Å². The second-order valence-electron chi connectivity index (χ2n) is 4.10. The molecule has 0 radical (unpaired) electrons. The molecular formula is C15H8BrF3N2O. The minimum atomic E-state index is -4.97. The van der Waals surface area contributed by atoms with Gasteiger partial charge in [-0.1, -0.05) is 24.1 Å². The maximum Gasteiger partial charge on any atom is 0.471 e. The van der Waals surface area contributed by atoms with Crippen LogP contribution in [0.3, 0.4) is 0 Å². The number of hydrogen-bond donors (Lipinski definition) is 1. The first-order valence-electron chi connectivity index (χ1n) is 5.98. The number of nitrogens with zero attached hydrogens (tertiary/aromatic N) is 1. The molecule has 1 heterocycles. The summed E-state index contributed by atoms with van der Waals surface area (Å²) in [5.74, 6) is 3.36. The molecule has 0 unspecified atom stereocenters. The average molecular weight is 369 g/mol. The summed E-state index contributed by atoms with van der Waals surface area (Å²) < 4.78 is 37.4. The Hall–Kier alpha value is -2.33. The monoisotopic (exact) mass is 368 g/mol. The molecule has 0 saturated heterocycles. The molecule has 0 fully saturated rings. The van der Waals surface area contributed by atoms with Crippen LogP contribution in [0.4, 0.5) is 18.9 Å². The normalized spacial score (nSPS) is 10.5. The molecule has 3 nitrogen and oxygen atoms in total. The van der Waals surface area contributed by atoms with Gasteiger partial charge in [-0.2, -0.15) is 13.2 Å². The lowest BCUT2D eigenvalue weighted by Gasteiger charge is -2.09. The number of carbonyl (C=O) groups is 1. The van der Waals surface area contributed by atoms with Gasteiger partial charge in [-0.05, 0) is 46.1 Å². The van der Waals surface area contributed by atoms with Crippen molar-refractivity contribution in [2.24, 2.45) is 0 Å². The van der Waals surface area contributed by atoms with Crippen LogP contribution >= 0.6 is 15.9 Å². The summed E-state index contributed by atoms with van der Waals surface area (Å²) in [6.07, 6.45) is -4.97. The zero-order valence-electron chi connectivity index (χ0n) is 10.9. The van der Waals surface area contributed by atoms with Crippen LogP contribution in [-0.4, -0.2) is 17.1 Å². The number of halogens is 4. The van der Waals surface area contributed by atoms with Crippen molar-refractivity contribution in [3.05, 3.63) is 58.3 Å². The molecule has 0 aliphatic heterocycles. The molecular weight excluding hydrogens is 361 g/mol. The van der Waals surface area contributed by atoms with E-state index < -0.39 is 12.1 Å². The Bertz CT molecular complexity index is 749. The smallest absolute Gasteiger partial charge is 0.316 e. The largest absolute Gasteiger partial charge is 0.471 e. The van der Waals surface area contributed by atoms with E-state index in [0.717, 1.165) is 0 Å². The van der Waals surface area contributed by atoms with E-state index in [9.17, 15) is 18.0 Å². The maximum absolute atomic E-state index is 12.3. The fourth-order valence-corrected chi connectivity index (χ4v) is 1.79. The highest BCUT2D eigenvalue weighted by Crippen LogP contribution is 2.21. The van der Waals surface area contributed by atoms with Crippen molar-refractivity contribution in [1.29, 1.82) is 0 Å². The zero-order chi connectivity index (χ0) is 16.2. The lowest BCUT2D eigenvalue weighted by atomic mass is 10.2. The molecule has 0 aliphatic rings.